The lowest BCUT2D eigenvalue weighted by atomic mass is 10.0. The van der Waals surface area contributed by atoms with Gasteiger partial charge in [0.2, 0.25) is 0 Å². The summed E-state index contributed by atoms with van der Waals surface area (Å²) in [6.07, 6.45) is 0. The summed E-state index contributed by atoms with van der Waals surface area (Å²) >= 11 is 0. The smallest absolute Gasteiger partial charge is 0.0681 e. The summed E-state index contributed by atoms with van der Waals surface area (Å²) in [5, 5.41) is 9.01. The number of hydrogen-bond acceptors (Lipinski definition) is 2. The predicted octanol–water partition coefficient (Wildman–Crippen LogP) is 2.91. The lowest BCUT2D eigenvalue weighted by molar-refractivity contribution is 0.282. The van der Waals surface area contributed by atoms with E-state index >= 15 is 0 Å². The lowest BCUT2D eigenvalue weighted by Gasteiger charge is -2.10. The maximum absolute atomic E-state index is 9.01. The van der Waals surface area contributed by atoms with E-state index in [-0.39, 0.29) is 6.61 Å². The second-order valence-electron chi connectivity index (χ2n) is 4.79. The van der Waals surface area contributed by atoms with Crippen LogP contribution in [-0.2, 0) is 13.2 Å². The van der Waals surface area contributed by atoms with Crippen molar-refractivity contribution >= 4 is 0 Å². The van der Waals surface area contributed by atoms with Crippen molar-refractivity contribution in [2.75, 3.05) is 14.1 Å². The van der Waals surface area contributed by atoms with Crippen molar-refractivity contribution in [3.05, 3.63) is 59.7 Å². The van der Waals surface area contributed by atoms with Crippen molar-refractivity contribution in [3.8, 4) is 11.1 Å². The Labute approximate surface area is 109 Å². The largest absolute Gasteiger partial charge is 0.392 e. The van der Waals surface area contributed by atoms with Gasteiger partial charge < -0.3 is 10.0 Å². The summed E-state index contributed by atoms with van der Waals surface area (Å²) in [4.78, 5) is 2.16. The summed E-state index contributed by atoms with van der Waals surface area (Å²) in [6.45, 7) is 1.06. The van der Waals surface area contributed by atoms with Crippen LogP contribution in [0.4, 0.5) is 0 Å². The van der Waals surface area contributed by atoms with Crippen molar-refractivity contribution in [1.29, 1.82) is 0 Å². The molecule has 18 heavy (non-hydrogen) atoms. The van der Waals surface area contributed by atoms with E-state index in [0.29, 0.717) is 0 Å². The summed E-state index contributed by atoms with van der Waals surface area (Å²) < 4.78 is 0. The highest BCUT2D eigenvalue weighted by molar-refractivity contribution is 5.63. The molecule has 94 valence electrons. The molecule has 2 aromatic carbocycles. The SMILES string of the molecule is CN(C)Cc1ccc(-c2ccc(CO)cc2)cc1. The fourth-order valence-corrected chi connectivity index (χ4v) is 1.97. The Bertz CT molecular complexity index is 486. The molecule has 2 rings (SSSR count). The Balaban J connectivity index is 2.17. The molecular weight excluding hydrogens is 222 g/mol. The second kappa shape index (κ2) is 5.80. The normalized spacial score (nSPS) is 10.9. The molecular formula is C16H19NO. The first kappa shape index (κ1) is 12.8. The maximum atomic E-state index is 9.01. The molecule has 0 saturated heterocycles. The van der Waals surface area contributed by atoms with Crippen molar-refractivity contribution in [2.45, 2.75) is 13.2 Å². The fraction of sp³-hybridized carbons (Fsp3) is 0.250. The third-order valence-electron chi connectivity index (χ3n) is 2.92. The molecule has 0 spiro atoms. The van der Waals surface area contributed by atoms with Crippen LogP contribution in [0.15, 0.2) is 48.5 Å². The zero-order valence-electron chi connectivity index (χ0n) is 10.9. The van der Waals surface area contributed by atoms with Crippen molar-refractivity contribution in [1.82, 2.24) is 4.90 Å². The zero-order chi connectivity index (χ0) is 13.0. The van der Waals surface area contributed by atoms with Crippen LogP contribution in [0, 0.1) is 0 Å². The number of aliphatic hydroxyl groups excluding tert-OH is 1. The van der Waals surface area contributed by atoms with Crippen LogP contribution in [0.5, 0.6) is 0 Å². The highest BCUT2D eigenvalue weighted by Gasteiger charge is 1.99. The minimum absolute atomic E-state index is 0.0993. The van der Waals surface area contributed by atoms with Gasteiger partial charge in [-0.1, -0.05) is 48.5 Å². The van der Waals surface area contributed by atoms with Crippen LogP contribution < -0.4 is 0 Å². The molecule has 0 amide bonds. The van der Waals surface area contributed by atoms with Crippen LogP contribution in [0.3, 0.4) is 0 Å². The Hall–Kier alpha value is -1.64. The van der Waals surface area contributed by atoms with Gasteiger partial charge in [-0.05, 0) is 36.3 Å². The van der Waals surface area contributed by atoms with Crippen molar-refractivity contribution < 1.29 is 5.11 Å². The number of benzene rings is 2. The Morgan fingerprint density at radius 3 is 1.61 bits per heavy atom. The number of rotatable bonds is 4. The van der Waals surface area contributed by atoms with E-state index in [1.54, 1.807) is 0 Å². The van der Waals surface area contributed by atoms with Gasteiger partial charge in [-0.15, -0.1) is 0 Å². The molecule has 0 fully saturated rings. The average Bonchev–Trinajstić information content (AvgIpc) is 2.39. The minimum Gasteiger partial charge on any atom is -0.392 e. The Morgan fingerprint density at radius 1 is 0.778 bits per heavy atom. The van der Waals surface area contributed by atoms with E-state index in [0.717, 1.165) is 12.1 Å². The summed E-state index contributed by atoms with van der Waals surface area (Å²) in [7, 11) is 4.14. The van der Waals surface area contributed by atoms with Crippen molar-refractivity contribution in [3.63, 3.8) is 0 Å². The third-order valence-corrected chi connectivity index (χ3v) is 2.92. The number of nitrogens with zero attached hydrogens (tertiary/aromatic N) is 1. The van der Waals surface area contributed by atoms with Gasteiger partial charge in [0.05, 0.1) is 6.61 Å². The molecule has 0 bridgehead atoms. The van der Waals surface area contributed by atoms with Gasteiger partial charge in [0, 0.05) is 6.54 Å². The van der Waals surface area contributed by atoms with E-state index in [1.165, 1.54) is 16.7 Å². The first-order valence-electron chi connectivity index (χ1n) is 6.13. The summed E-state index contributed by atoms with van der Waals surface area (Å²) in [6, 6.07) is 16.6. The molecule has 0 unspecified atom stereocenters. The maximum Gasteiger partial charge on any atom is 0.0681 e. The molecule has 1 N–H and O–H groups in total. The third kappa shape index (κ3) is 3.19. The highest BCUT2D eigenvalue weighted by atomic mass is 16.3. The number of hydrogen-bond donors (Lipinski definition) is 1. The van der Waals surface area contributed by atoms with Gasteiger partial charge in [0.1, 0.15) is 0 Å². The van der Waals surface area contributed by atoms with Crippen LogP contribution >= 0.6 is 0 Å². The molecule has 0 aromatic heterocycles. The molecule has 0 atom stereocenters. The summed E-state index contributed by atoms with van der Waals surface area (Å²) in [5.41, 5.74) is 4.66. The average molecular weight is 241 g/mol. The van der Waals surface area contributed by atoms with E-state index in [9.17, 15) is 0 Å². The number of aliphatic hydroxyl groups is 1. The standard InChI is InChI=1S/C16H19NO/c1-17(2)11-13-3-7-15(8-4-13)16-9-5-14(12-18)6-10-16/h3-10,18H,11-12H2,1-2H3. The zero-order valence-corrected chi connectivity index (χ0v) is 10.9. The quantitative estimate of drug-likeness (QED) is 0.889. The Morgan fingerprint density at radius 2 is 1.22 bits per heavy atom. The van der Waals surface area contributed by atoms with E-state index in [2.05, 4.69) is 43.3 Å². The highest BCUT2D eigenvalue weighted by Crippen LogP contribution is 2.20. The van der Waals surface area contributed by atoms with Gasteiger partial charge in [-0.2, -0.15) is 0 Å². The molecule has 2 heteroatoms. The molecule has 0 saturated carbocycles. The molecule has 0 aliphatic carbocycles. The predicted molar refractivity (Wildman–Crippen MR) is 75.2 cm³/mol. The van der Waals surface area contributed by atoms with Crippen LogP contribution in [0.1, 0.15) is 11.1 Å². The van der Waals surface area contributed by atoms with Gasteiger partial charge in [0.25, 0.3) is 0 Å². The van der Waals surface area contributed by atoms with E-state index in [4.69, 9.17) is 5.11 Å². The van der Waals surface area contributed by atoms with Gasteiger partial charge >= 0.3 is 0 Å². The van der Waals surface area contributed by atoms with Crippen molar-refractivity contribution in [2.24, 2.45) is 0 Å². The van der Waals surface area contributed by atoms with Gasteiger partial charge in [0.15, 0.2) is 0 Å². The second-order valence-corrected chi connectivity index (χ2v) is 4.79. The molecule has 2 nitrogen and oxygen atoms in total. The van der Waals surface area contributed by atoms with Crippen LogP contribution in [0.2, 0.25) is 0 Å². The van der Waals surface area contributed by atoms with Crippen LogP contribution in [0.25, 0.3) is 11.1 Å². The van der Waals surface area contributed by atoms with Gasteiger partial charge in [-0.3, -0.25) is 0 Å². The van der Waals surface area contributed by atoms with E-state index in [1.807, 2.05) is 24.3 Å². The monoisotopic (exact) mass is 241 g/mol. The van der Waals surface area contributed by atoms with E-state index < -0.39 is 0 Å². The molecule has 0 heterocycles. The molecule has 2 aromatic rings. The minimum atomic E-state index is 0.0993. The summed E-state index contributed by atoms with van der Waals surface area (Å²) in [5.74, 6) is 0. The lowest BCUT2D eigenvalue weighted by Crippen LogP contribution is -2.10. The topological polar surface area (TPSA) is 23.5 Å². The molecule has 0 radical (unpaired) electrons. The first-order valence-corrected chi connectivity index (χ1v) is 6.13. The fourth-order valence-electron chi connectivity index (χ4n) is 1.97. The first-order chi connectivity index (χ1) is 8.69. The molecule has 0 aliphatic rings. The molecule has 0 aliphatic heterocycles. The Kier molecular flexibility index (Phi) is 4.13. The van der Waals surface area contributed by atoms with Crippen LogP contribution in [-0.4, -0.2) is 24.1 Å². The van der Waals surface area contributed by atoms with Gasteiger partial charge in [-0.25, -0.2) is 0 Å².